The van der Waals surface area contributed by atoms with Crippen LogP contribution in [0, 0.1) is 0 Å². The van der Waals surface area contributed by atoms with Gasteiger partial charge in [-0.15, -0.1) is 0 Å². The molecule has 0 fully saturated rings. The maximum atomic E-state index is 12.5. The molecule has 29 heavy (non-hydrogen) atoms. The molecule has 146 valence electrons. The SMILES string of the molecule is COc1ccc(NC(=O)c2ccc(C(=O)Nc3ccc4c(c3)OCO4)cc2)cc1. The van der Waals surface area contributed by atoms with E-state index >= 15 is 0 Å². The van der Waals surface area contributed by atoms with E-state index in [1.54, 1.807) is 73.8 Å². The lowest BCUT2D eigenvalue weighted by Gasteiger charge is -2.08. The van der Waals surface area contributed by atoms with Gasteiger partial charge in [-0.2, -0.15) is 0 Å². The maximum absolute atomic E-state index is 12.5. The zero-order valence-corrected chi connectivity index (χ0v) is 15.6. The lowest BCUT2D eigenvalue weighted by atomic mass is 10.1. The van der Waals surface area contributed by atoms with E-state index in [4.69, 9.17) is 14.2 Å². The van der Waals surface area contributed by atoms with Gasteiger partial charge in [-0.1, -0.05) is 0 Å². The minimum absolute atomic E-state index is 0.173. The standard InChI is InChI=1S/C22H18N2O5/c1-27-18-9-6-16(7-10-18)23-21(25)14-2-4-15(5-3-14)22(26)24-17-8-11-19-20(12-17)29-13-28-19/h2-12H,13H2,1H3,(H,23,25)(H,24,26). The first kappa shape index (κ1) is 18.4. The van der Waals surface area contributed by atoms with Crippen molar-refractivity contribution in [2.75, 3.05) is 24.5 Å². The predicted octanol–water partition coefficient (Wildman–Crippen LogP) is 3.93. The first-order valence-electron chi connectivity index (χ1n) is 8.89. The molecule has 3 aromatic rings. The van der Waals surface area contributed by atoms with Gasteiger partial charge in [0.05, 0.1) is 7.11 Å². The van der Waals surface area contributed by atoms with Crippen LogP contribution >= 0.6 is 0 Å². The molecule has 4 rings (SSSR count). The Kier molecular flexibility index (Phi) is 5.03. The number of amides is 2. The van der Waals surface area contributed by atoms with Gasteiger partial charge in [-0.3, -0.25) is 9.59 Å². The summed E-state index contributed by atoms with van der Waals surface area (Å²) in [5.74, 6) is 1.40. The highest BCUT2D eigenvalue weighted by Crippen LogP contribution is 2.34. The van der Waals surface area contributed by atoms with Crippen LogP contribution in [0.25, 0.3) is 0 Å². The molecule has 0 saturated carbocycles. The van der Waals surface area contributed by atoms with E-state index in [9.17, 15) is 9.59 Å². The molecule has 0 aliphatic carbocycles. The van der Waals surface area contributed by atoms with Gasteiger partial charge < -0.3 is 24.8 Å². The molecule has 0 saturated heterocycles. The third-order valence-corrected chi connectivity index (χ3v) is 4.39. The van der Waals surface area contributed by atoms with Crippen molar-refractivity contribution in [1.82, 2.24) is 0 Å². The molecule has 1 aliphatic rings. The smallest absolute Gasteiger partial charge is 0.255 e. The van der Waals surface area contributed by atoms with Crippen LogP contribution in [-0.4, -0.2) is 25.7 Å². The van der Waals surface area contributed by atoms with Crippen molar-refractivity contribution in [3.05, 3.63) is 77.9 Å². The van der Waals surface area contributed by atoms with Crippen LogP contribution in [0.4, 0.5) is 11.4 Å². The van der Waals surface area contributed by atoms with E-state index in [0.29, 0.717) is 39.8 Å². The highest BCUT2D eigenvalue weighted by Gasteiger charge is 2.15. The third kappa shape index (κ3) is 4.14. The van der Waals surface area contributed by atoms with Crippen molar-refractivity contribution in [1.29, 1.82) is 0 Å². The molecule has 1 aliphatic heterocycles. The lowest BCUT2D eigenvalue weighted by Crippen LogP contribution is -2.14. The number of rotatable bonds is 5. The average molecular weight is 390 g/mol. The zero-order chi connectivity index (χ0) is 20.2. The number of hydrogen-bond donors (Lipinski definition) is 2. The predicted molar refractivity (Wildman–Crippen MR) is 108 cm³/mol. The van der Waals surface area contributed by atoms with Crippen LogP contribution < -0.4 is 24.8 Å². The summed E-state index contributed by atoms with van der Waals surface area (Å²) in [6.45, 7) is 0.173. The number of benzene rings is 3. The van der Waals surface area contributed by atoms with Crippen molar-refractivity contribution in [2.45, 2.75) is 0 Å². The molecule has 2 amide bonds. The fourth-order valence-electron chi connectivity index (χ4n) is 2.83. The molecule has 7 heteroatoms. The first-order valence-corrected chi connectivity index (χ1v) is 8.89. The molecule has 0 spiro atoms. The van der Waals surface area contributed by atoms with Gasteiger partial charge in [-0.25, -0.2) is 0 Å². The largest absolute Gasteiger partial charge is 0.497 e. The van der Waals surface area contributed by atoms with Gasteiger partial charge >= 0.3 is 0 Å². The van der Waals surface area contributed by atoms with Crippen LogP contribution in [0.3, 0.4) is 0 Å². The van der Waals surface area contributed by atoms with Crippen LogP contribution in [-0.2, 0) is 0 Å². The first-order chi connectivity index (χ1) is 14.1. The van der Waals surface area contributed by atoms with Crippen molar-refractivity contribution >= 4 is 23.2 Å². The maximum Gasteiger partial charge on any atom is 0.255 e. The van der Waals surface area contributed by atoms with Crippen molar-refractivity contribution in [2.24, 2.45) is 0 Å². The van der Waals surface area contributed by atoms with Crippen LogP contribution in [0.2, 0.25) is 0 Å². The Hall–Kier alpha value is -4.00. The van der Waals surface area contributed by atoms with E-state index in [0.717, 1.165) is 0 Å². The monoisotopic (exact) mass is 390 g/mol. The molecule has 0 atom stereocenters. The number of ether oxygens (including phenoxy) is 3. The van der Waals surface area contributed by atoms with E-state index in [-0.39, 0.29) is 18.6 Å². The molecule has 3 aromatic carbocycles. The summed E-state index contributed by atoms with van der Waals surface area (Å²) in [6.07, 6.45) is 0. The second-order valence-electron chi connectivity index (χ2n) is 6.28. The lowest BCUT2D eigenvalue weighted by molar-refractivity contribution is 0.101. The highest BCUT2D eigenvalue weighted by molar-refractivity contribution is 6.07. The summed E-state index contributed by atoms with van der Waals surface area (Å²) in [4.78, 5) is 24.8. The Morgan fingerprint density at radius 2 is 1.31 bits per heavy atom. The van der Waals surface area contributed by atoms with Crippen LogP contribution in [0.5, 0.6) is 17.2 Å². The van der Waals surface area contributed by atoms with Gasteiger partial charge in [0.25, 0.3) is 11.8 Å². The summed E-state index contributed by atoms with van der Waals surface area (Å²) in [6, 6.07) is 18.6. The molecular formula is C22H18N2O5. The quantitative estimate of drug-likeness (QED) is 0.689. The van der Waals surface area contributed by atoms with Crippen molar-refractivity contribution < 1.29 is 23.8 Å². The molecule has 0 radical (unpaired) electrons. The zero-order valence-electron chi connectivity index (χ0n) is 15.6. The molecule has 0 bridgehead atoms. The second-order valence-corrected chi connectivity index (χ2v) is 6.28. The molecule has 7 nitrogen and oxygen atoms in total. The van der Waals surface area contributed by atoms with Gasteiger partial charge in [0, 0.05) is 28.6 Å². The number of carbonyl (C=O) groups excluding carboxylic acids is 2. The normalized spacial score (nSPS) is 11.6. The average Bonchev–Trinajstić information content (AvgIpc) is 3.22. The number of methoxy groups -OCH3 is 1. The number of carbonyl (C=O) groups is 2. The highest BCUT2D eigenvalue weighted by atomic mass is 16.7. The minimum Gasteiger partial charge on any atom is -0.497 e. The van der Waals surface area contributed by atoms with Crippen molar-refractivity contribution in [3.63, 3.8) is 0 Å². The molecule has 2 N–H and O–H groups in total. The fourth-order valence-corrected chi connectivity index (χ4v) is 2.83. The molecule has 0 aromatic heterocycles. The van der Waals surface area contributed by atoms with Crippen LogP contribution in [0.1, 0.15) is 20.7 Å². The van der Waals surface area contributed by atoms with Crippen molar-refractivity contribution in [3.8, 4) is 17.2 Å². The Morgan fingerprint density at radius 1 is 0.759 bits per heavy atom. The van der Waals surface area contributed by atoms with Gasteiger partial charge in [-0.05, 0) is 60.7 Å². The van der Waals surface area contributed by atoms with E-state index < -0.39 is 0 Å². The van der Waals surface area contributed by atoms with E-state index in [1.165, 1.54) is 0 Å². The Bertz CT molecular complexity index is 1050. The van der Waals surface area contributed by atoms with Gasteiger partial charge in [0.15, 0.2) is 11.5 Å². The Balaban J connectivity index is 1.40. The fraction of sp³-hybridized carbons (Fsp3) is 0.0909. The van der Waals surface area contributed by atoms with E-state index in [1.807, 2.05) is 0 Å². The van der Waals surface area contributed by atoms with Gasteiger partial charge in [0.2, 0.25) is 6.79 Å². The summed E-state index contributed by atoms with van der Waals surface area (Å²) in [7, 11) is 1.58. The summed E-state index contributed by atoms with van der Waals surface area (Å²) < 4.78 is 15.7. The Labute approximate surface area is 167 Å². The summed E-state index contributed by atoms with van der Waals surface area (Å²) in [5, 5.41) is 5.60. The second kappa shape index (κ2) is 7.93. The minimum atomic E-state index is -0.286. The topological polar surface area (TPSA) is 85.9 Å². The molecular weight excluding hydrogens is 372 g/mol. The molecule has 1 heterocycles. The van der Waals surface area contributed by atoms with Crippen LogP contribution in [0.15, 0.2) is 66.7 Å². The Morgan fingerprint density at radius 3 is 1.93 bits per heavy atom. The number of anilines is 2. The number of nitrogens with one attached hydrogen (secondary N) is 2. The van der Waals surface area contributed by atoms with E-state index in [2.05, 4.69) is 10.6 Å². The number of hydrogen-bond acceptors (Lipinski definition) is 5. The summed E-state index contributed by atoms with van der Waals surface area (Å²) in [5.41, 5.74) is 2.13. The summed E-state index contributed by atoms with van der Waals surface area (Å²) >= 11 is 0. The third-order valence-electron chi connectivity index (χ3n) is 4.39. The molecule has 0 unspecified atom stereocenters. The number of fused-ring (bicyclic) bond motifs is 1. The van der Waals surface area contributed by atoms with Gasteiger partial charge in [0.1, 0.15) is 5.75 Å².